The molecule has 0 spiro atoms. The van der Waals surface area contributed by atoms with E-state index in [1.165, 1.54) is 30.1 Å². The third-order valence-electron chi connectivity index (χ3n) is 4.45. The van der Waals surface area contributed by atoms with Crippen LogP contribution in [-0.2, 0) is 16.0 Å². The third kappa shape index (κ3) is 5.00. The summed E-state index contributed by atoms with van der Waals surface area (Å²) in [5, 5.41) is 0.615. The van der Waals surface area contributed by atoms with E-state index in [0.29, 0.717) is 22.2 Å². The highest BCUT2D eigenvalue weighted by molar-refractivity contribution is 6.30. The zero-order chi connectivity index (χ0) is 21.0. The molecule has 0 aliphatic rings. The number of halogens is 2. The molecule has 2 amide bonds. The molecule has 0 saturated heterocycles. The molecular formula is C21H19ClFN3O3. The Bertz CT molecular complexity index is 1020. The Balaban J connectivity index is 1.66. The average Bonchev–Trinajstić information content (AvgIpc) is 3.15. The number of oxazole rings is 1. The van der Waals surface area contributed by atoms with Crippen LogP contribution in [0.2, 0.25) is 5.02 Å². The van der Waals surface area contributed by atoms with Gasteiger partial charge in [-0.25, -0.2) is 9.37 Å². The molecule has 1 atom stereocenters. The predicted octanol–water partition coefficient (Wildman–Crippen LogP) is 3.75. The van der Waals surface area contributed by atoms with Crippen molar-refractivity contribution in [2.45, 2.75) is 18.9 Å². The van der Waals surface area contributed by atoms with Crippen LogP contribution in [0.1, 0.15) is 23.9 Å². The van der Waals surface area contributed by atoms with E-state index >= 15 is 0 Å². The van der Waals surface area contributed by atoms with Crippen LogP contribution < -0.4 is 5.73 Å². The van der Waals surface area contributed by atoms with Gasteiger partial charge < -0.3 is 15.1 Å². The number of carbonyl (C=O) groups excluding carboxylic acids is 2. The Kier molecular flexibility index (Phi) is 6.29. The van der Waals surface area contributed by atoms with Crippen molar-refractivity contribution in [1.82, 2.24) is 9.88 Å². The van der Waals surface area contributed by atoms with E-state index in [9.17, 15) is 14.0 Å². The summed E-state index contributed by atoms with van der Waals surface area (Å²) in [5.74, 6) is -0.647. The topological polar surface area (TPSA) is 89.4 Å². The SMILES string of the molecule is CN(C(=O)CCc1ncc(-c2ccc(Cl)cc2)o1)C(C(N)=O)c1cccc(F)c1. The largest absolute Gasteiger partial charge is 0.441 e. The quantitative estimate of drug-likeness (QED) is 0.636. The van der Waals surface area contributed by atoms with E-state index < -0.39 is 17.8 Å². The van der Waals surface area contributed by atoms with Crippen molar-refractivity contribution in [3.8, 4) is 11.3 Å². The first kappa shape index (κ1) is 20.5. The second kappa shape index (κ2) is 8.87. The van der Waals surface area contributed by atoms with E-state index in [4.69, 9.17) is 21.8 Å². The summed E-state index contributed by atoms with van der Waals surface area (Å²) in [6.07, 6.45) is 1.87. The van der Waals surface area contributed by atoms with Gasteiger partial charge in [0.2, 0.25) is 11.8 Å². The van der Waals surface area contributed by atoms with Crippen molar-refractivity contribution in [3.05, 3.63) is 77.0 Å². The smallest absolute Gasteiger partial charge is 0.244 e. The zero-order valence-electron chi connectivity index (χ0n) is 15.6. The minimum Gasteiger partial charge on any atom is -0.441 e. The van der Waals surface area contributed by atoms with Crippen LogP contribution >= 0.6 is 11.6 Å². The molecule has 8 heteroatoms. The molecule has 29 heavy (non-hydrogen) atoms. The summed E-state index contributed by atoms with van der Waals surface area (Å²) in [7, 11) is 1.46. The first-order chi connectivity index (χ1) is 13.8. The lowest BCUT2D eigenvalue weighted by atomic mass is 10.0. The van der Waals surface area contributed by atoms with Gasteiger partial charge in [0, 0.05) is 30.5 Å². The Morgan fingerprint density at radius 1 is 1.24 bits per heavy atom. The van der Waals surface area contributed by atoms with Gasteiger partial charge in [-0.15, -0.1) is 0 Å². The number of nitrogens with two attached hydrogens (primary N) is 1. The number of hydrogen-bond donors (Lipinski definition) is 1. The molecule has 1 aromatic heterocycles. The fourth-order valence-corrected chi connectivity index (χ4v) is 3.09. The first-order valence-corrected chi connectivity index (χ1v) is 9.24. The molecule has 0 fully saturated rings. The Hall–Kier alpha value is -3.19. The van der Waals surface area contributed by atoms with Crippen LogP contribution in [0.25, 0.3) is 11.3 Å². The molecule has 6 nitrogen and oxygen atoms in total. The number of primary amides is 1. The number of rotatable bonds is 7. The van der Waals surface area contributed by atoms with E-state index in [1.54, 1.807) is 24.4 Å². The van der Waals surface area contributed by atoms with Crippen LogP contribution in [0.4, 0.5) is 4.39 Å². The number of hydrogen-bond acceptors (Lipinski definition) is 4. The van der Waals surface area contributed by atoms with Gasteiger partial charge in [-0.2, -0.15) is 0 Å². The van der Waals surface area contributed by atoms with E-state index in [1.807, 2.05) is 12.1 Å². The molecule has 1 unspecified atom stereocenters. The highest BCUT2D eigenvalue weighted by atomic mass is 35.5. The molecule has 3 aromatic rings. The Morgan fingerprint density at radius 2 is 1.97 bits per heavy atom. The Morgan fingerprint density at radius 3 is 2.62 bits per heavy atom. The van der Waals surface area contributed by atoms with Crippen molar-refractivity contribution in [3.63, 3.8) is 0 Å². The van der Waals surface area contributed by atoms with Gasteiger partial charge in [0.1, 0.15) is 11.9 Å². The van der Waals surface area contributed by atoms with Gasteiger partial charge in [-0.05, 0) is 42.0 Å². The summed E-state index contributed by atoms with van der Waals surface area (Å²) in [5.41, 5.74) is 6.58. The normalized spacial score (nSPS) is 11.8. The maximum absolute atomic E-state index is 13.5. The molecule has 0 bridgehead atoms. The molecule has 0 saturated carbocycles. The average molecular weight is 416 g/mol. The number of aromatic nitrogens is 1. The zero-order valence-corrected chi connectivity index (χ0v) is 16.4. The lowest BCUT2D eigenvalue weighted by molar-refractivity contribution is -0.138. The molecule has 0 radical (unpaired) electrons. The van der Waals surface area contributed by atoms with Gasteiger partial charge >= 0.3 is 0 Å². The van der Waals surface area contributed by atoms with Crippen LogP contribution in [0, 0.1) is 5.82 Å². The fourth-order valence-electron chi connectivity index (χ4n) is 2.96. The van der Waals surface area contributed by atoms with Crippen LogP contribution in [0.3, 0.4) is 0 Å². The lowest BCUT2D eigenvalue weighted by Gasteiger charge is -2.26. The maximum atomic E-state index is 13.5. The minimum atomic E-state index is -1.06. The van der Waals surface area contributed by atoms with Crippen LogP contribution in [0.15, 0.2) is 59.1 Å². The van der Waals surface area contributed by atoms with Crippen LogP contribution in [0.5, 0.6) is 0 Å². The van der Waals surface area contributed by atoms with Crippen molar-refractivity contribution >= 4 is 23.4 Å². The van der Waals surface area contributed by atoms with Gasteiger partial charge in [0.05, 0.1) is 6.20 Å². The minimum absolute atomic E-state index is 0.0518. The molecule has 0 aliphatic carbocycles. The van der Waals surface area contributed by atoms with Gasteiger partial charge in [0.25, 0.3) is 0 Å². The van der Waals surface area contributed by atoms with Crippen LogP contribution in [-0.4, -0.2) is 28.7 Å². The summed E-state index contributed by atoms with van der Waals surface area (Å²) in [4.78, 5) is 29.8. The van der Waals surface area contributed by atoms with Crippen molar-refractivity contribution in [2.75, 3.05) is 7.05 Å². The molecular weight excluding hydrogens is 397 g/mol. The van der Waals surface area contributed by atoms with Gasteiger partial charge in [-0.3, -0.25) is 9.59 Å². The highest BCUT2D eigenvalue weighted by Crippen LogP contribution is 2.24. The van der Waals surface area contributed by atoms with Gasteiger partial charge in [0.15, 0.2) is 11.7 Å². The molecule has 150 valence electrons. The second-order valence-corrected chi connectivity index (χ2v) is 6.93. The summed E-state index contributed by atoms with van der Waals surface area (Å²) >= 11 is 5.88. The lowest BCUT2D eigenvalue weighted by Crippen LogP contribution is -2.39. The highest BCUT2D eigenvalue weighted by Gasteiger charge is 2.27. The molecule has 1 heterocycles. The van der Waals surface area contributed by atoms with Crippen molar-refractivity contribution in [2.24, 2.45) is 5.73 Å². The van der Waals surface area contributed by atoms with E-state index in [0.717, 1.165) is 5.56 Å². The Labute approximate surface area is 172 Å². The molecule has 2 N–H and O–H groups in total. The number of amides is 2. The predicted molar refractivity (Wildman–Crippen MR) is 106 cm³/mol. The van der Waals surface area contributed by atoms with Crippen molar-refractivity contribution in [1.29, 1.82) is 0 Å². The van der Waals surface area contributed by atoms with Gasteiger partial charge in [-0.1, -0.05) is 23.7 Å². The first-order valence-electron chi connectivity index (χ1n) is 8.86. The third-order valence-corrected chi connectivity index (χ3v) is 4.70. The number of carbonyl (C=O) groups is 2. The number of likely N-dealkylation sites (N-methyl/N-ethyl adjacent to an activating group) is 1. The number of aryl methyl sites for hydroxylation is 1. The number of nitrogens with zero attached hydrogens (tertiary/aromatic N) is 2. The molecule has 3 rings (SSSR count). The monoisotopic (exact) mass is 415 g/mol. The standard InChI is InChI=1S/C21H19ClFN3O3/c1-26(20(21(24)28)14-3-2-4-16(23)11-14)19(27)10-9-18-25-12-17(29-18)13-5-7-15(22)8-6-13/h2-8,11-12,20H,9-10H2,1H3,(H2,24,28). The maximum Gasteiger partial charge on any atom is 0.244 e. The molecule has 2 aromatic carbocycles. The summed E-state index contributed by atoms with van der Waals surface area (Å²) in [6.45, 7) is 0. The number of benzene rings is 2. The summed E-state index contributed by atoms with van der Waals surface area (Å²) in [6, 6.07) is 11.5. The summed E-state index contributed by atoms with van der Waals surface area (Å²) < 4.78 is 19.2. The fraction of sp³-hybridized carbons (Fsp3) is 0.190. The molecule has 0 aliphatic heterocycles. The second-order valence-electron chi connectivity index (χ2n) is 6.49. The van der Waals surface area contributed by atoms with Crippen molar-refractivity contribution < 1.29 is 18.4 Å². The van der Waals surface area contributed by atoms with E-state index in [2.05, 4.69) is 4.98 Å². The van der Waals surface area contributed by atoms with E-state index in [-0.39, 0.29) is 18.7 Å².